The van der Waals surface area contributed by atoms with Gasteiger partial charge in [-0.05, 0) is 73.5 Å². The van der Waals surface area contributed by atoms with Gasteiger partial charge in [-0.1, -0.05) is 59.9 Å². The summed E-state index contributed by atoms with van der Waals surface area (Å²) < 4.78 is 13.7. The Morgan fingerprint density at radius 2 is 1.68 bits per heavy atom. The number of anilines is 1. The minimum atomic E-state index is -0.735. The van der Waals surface area contributed by atoms with Gasteiger partial charge in [-0.15, -0.1) is 0 Å². The molecule has 0 saturated carbocycles. The lowest BCUT2D eigenvalue weighted by Crippen LogP contribution is -2.40. The van der Waals surface area contributed by atoms with E-state index in [0.717, 1.165) is 11.1 Å². The Kier molecular flexibility index (Phi) is 9.07. The van der Waals surface area contributed by atoms with E-state index in [1.54, 1.807) is 47.9 Å². The summed E-state index contributed by atoms with van der Waals surface area (Å²) in [6, 6.07) is 29.3. The molecule has 1 amide bonds. The molecular weight excluding hydrogens is 616 g/mol. The Bertz CT molecular complexity index is 2150. The number of hydrogen-bond acceptors (Lipinski definition) is 8. The monoisotopic (exact) mass is 646 g/mol. The molecule has 5 aromatic rings. The second-order valence-electron chi connectivity index (χ2n) is 10.7. The highest BCUT2D eigenvalue weighted by molar-refractivity contribution is 7.07. The third-order valence-electron chi connectivity index (χ3n) is 7.55. The maximum absolute atomic E-state index is 14.2. The van der Waals surface area contributed by atoms with Crippen LogP contribution in [0.15, 0.2) is 124 Å². The molecule has 0 radical (unpaired) electrons. The Balaban J connectivity index is 1.39. The van der Waals surface area contributed by atoms with E-state index in [1.807, 2.05) is 67.6 Å². The Morgan fingerprint density at radius 1 is 0.979 bits per heavy atom. The molecule has 2 heterocycles. The van der Waals surface area contributed by atoms with E-state index in [0.29, 0.717) is 50.0 Å². The first-order valence-electron chi connectivity index (χ1n) is 14.9. The SMILES string of the molecule is CCOc1ccc([C@@H]2C(C(=O)Nc3ccccc3)=C(C)N=c3s/c(=C/c4ccccc4OCc4ccc([N+](=O)[O-])cc4)c(=O)n32)cc1. The first kappa shape index (κ1) is 31.2. The molecule has 0 spiro atoms. The predicted molar refractivity (Wildman–Crippen MR) is 180 cm³/mol. The molecule has 0 bridgehead atoms. The van der Waals surface area contributed by atoms with Gasteiger partial charge in [-0.2, -0.15) is 0 Å². The first-order valence-corrected chi connectivity index (χ1v) is 15.7. The molecule has 6 rings (SSSR count). The molecule has 4 aromatic carbocycles. The molecule has 47 heavy (non-hydrogen) atoms. The van der Waals surface area contributed by atoms with Crippen molar-refractivity contribution in [3.63, 3.8) is 0 Å². The number of carbonyl (C=O) groups excluding carboxylic acids is 1. The number of non-ortho nitro benzene ring substituents is 1. The van der Waals surface area contributed by atoms with Crippen molar-refractivity contribution >= 4 is 34.7 Å². The van der Waals surface area contributed by atoms with Crippen LogP contribution in [0.3, 0.4) is 0 Å². The van der Waals surface area contributed by atoms with Gasteiger partial charge in [0.05, 0.1) is 33.4 Å². The number of rotatable bonds is 10. The van der Waals surface area contributed by atoms with E-state index < -0.39 is 11.0 Å². The Labute approximate surface area is 273 Å². The second kappa shape index (κ2) is 13.7. The third kappa shape index (κ3) is 6.75. The van der Waals surface area contributed by atoms with Crippen LogP contribution in [0.4, 0.5) is 11.4 Å². The number of para-hydroxylation sites is 2. The van der Waals surface area contributed by atoms with Crippen LogP contribution >= 0.6 is 11.3 Å². The zero-order valence-electron chi connectivity index (χ0n) is 25.6. The molecule has 236 valence electrons. The number of thiazole rings is 1. The number of allylic oxidation sites excluding steroid dienone is 1. The van der Waals surface area contributed by atoms with Gasteiger partial charge in [0.25, 0.3) is 17.2 Å². The van der Waals surface area contributed by atoms with E-state index in [-0.39, 0.29) is 23.8 Å². The number of amides is 1. The molecule has 0 unspecified atom stereocenters. The Hall–Kier alpha value is -5.81. The smallest absolute Gasteiger partial charge is 0.271 e. The average molecular weight is 647 g/mol. The highest BCUT2D eigenvalue weighted by Gasteiger charge is 2.32. The fourth-order valence-corrected chi connectivity index (χ4v) is 6.35. The van der Waals surface area contributed by atoms with Gasteiger partial charge < -0.3 is 14.8 Å². The van der Waals surface area contributed by atoms with Gasteiger partial charge in [0.1, 0.15) is 18.1 Å². The van der Waals surface area contributed by atoms with Gasteiger partial charge in [0.15, 0.2) is 4.80 Å². The summed E-state index contributed by atoms with van der Waals surface area (Å²) in [5.41, 5.74) is 3.39. The number of fused-ring (bicyclic) bond motifs is 1. The quantitative estimate of drug-likeness (QED) is 0.152. The summed E-state index contributed by atoms with van der Waals surface area (Å²) in [6.45, 7) is 4.38. The number of carbonyl (C=O) groups is 1. The minimum Gasteiger partial charge on any atom is -0.494 e. The molecule has 1 atom stereocenters. The molecule has 0 saturated heterocycles. The molecular formula is C36H30N4O6S. The lowest BCUT2D eigenvalue weighted by molar-refractivity contribution is -0.384. The number of hydrogen-bond donors (Lipinski definition) is 1. The second-order valence-corrected chi connectivity index (χ2v) is 11.7. The number of nitro groups is 1. The fourth-order valence-electron chi connectivity index (χ4n) is 5.31. The lowest BCUT2D eigenvalue weighted by atomic mass is 9.95. The van der Waals surface area contributed by atoms with Gasteiger partial charge in [0.2, 0.25) is 0 Å². The fraction of sp³-hybridized carbons (Fsp3) is 0.139. The molecule has 1 aliphatic heterocycles. The van der Waals surface area contributed by atoms with Gasteiger partial charge >= 0.3 is 0 Å². The summed E-state index contributed by atoms with van der Waals surface area (Å²) in [7, 11) is 0. The summed E-state index contributed by atoms with van der Waals surface area (Å²) in [5, 5.41) is 14.0. The molecule has 0 aliphatic carbocycles. The van der Waals surface area contributed by atoms with Crippen molar-refractivity contribution < 1.29 is 19.2 Å². The predicted octanol–water partition coefficient (Wildman–Crippen LogP) is 5.76. The van der Waals surface area contributed by atoms with Crippen LogP contribution in [0.2, 0.25) is 0 Å². The van der Waals surface area contributed by atoms with Crippen LogP contribution in [0, 0.1) is 10.1 Å². The van der Waals surface area contributed by atoms with Crippen molar-refractivity contribution in [2.24, 2.45) is 4.99 Å². The summed E-state index contributed by atoms with van der Waals surface area (Å²) in [5.74, 6) is 0.874. The van der Waals surface area contributed by atoms with Gasteiger partial charge in [-0.25, -0.2) is 4.99 Å². The van der Waals surface area contributed by atoms with Crippen molar-refractivity contribution in [3.8, 4) is 11.5 Å². The van der Waals surface area contributed by atoms with E-state index in [2.05, 4.69) is 5.32 Å². The number of ether oxygens (including phenoxy) is 2. The standard InChI is InChI=1S/C36H30N4O6S/c1-3-45-29-19-15-25(16-20-29)33-32(34(41)38-27-10-5-4-6-11-27)23(2)37-36-39(33)35(42)31(47-36)21-26-9-7-8-12-30(26)46-22-24-13-17-28(18-14-24)40(43)44/h4-21,33H,3,22H2,1-2H3,(H,38,41)/b31-21+/t33-/m1/s1. The summed E-state index contributed by atoms with van der Waals surface area (Å²) in [4.78, 5) is 43.8. The number of benzene rings is 4. The first-order chi connectivity index (χ1) is 22.8. The maximum atomic E-state index is 14.2. The van der Waals surface area contributed by atoms with Crippen molar-refractivity contribution in [2.45, 2.75) is 26.5 Å². The van der Waals surface area contributed by atoms with E-state index in [9.17, 15) is 19.7 Å². The third-order valence-corrected chi connectivity index (χ3v) is 8.53. The van der Waals surface area contributed by atoms with Crippen molar-refractivity contribution in [2.75, 3.05) is 11.9 Å². The number of nitro benzene ring substituents is 1. The molecule has 1 N–H and O–H groups in total. The van der Waals surface area contributed by atoms with Crippen LogP contribution in [-0.2, 0) is 11.4 Å². The summed E-state index contributed by atoms with van der Waals surface area (Å²) >= 11 is 1.23. The molecule has 11 heteroatoms. The highest BCUT2D eigenvalue weighted by Crippen LogP contribution is 2.32. The van der Waals surface area contributed by atoms with Crippen molar-refractivity contribution in [1.29, 1.82) is 0 Å². The van der Waals surface area contributed by atoms with Crippen LogP contribution in [-0.4, -0.2) is 22.0 Å². The van der Waals surface area contributed by atoms with Crippen LogP contribution < -0.4 is 29.7 Å². The maximum Gasteiger partial charge on any atom is 0.271 e. The minimum absolute atomic E-state index is 0.00371. The van der Waals surface area contributed by atoms with Crippen LogP contribution in [0.1, 0.15) is 36.6 Å². The zero-order chi connectivity index (χ0) is 32.9. The average Bonchev–Trinajstić information content (AvgIpc) is 3.38. The number of nitrogens with one attached hydrogen (secondary N) is 1. The zero-order valence-corrected chi connectivity index (χ0v) is 26.4. The normalized spacial score (nSPS) is 14.3. The number of nitrogens with zero attached hydrogens (tertiary/aromatic N) is 3. The molecule has 0 fully saturated rings. The van der Waals surface area contributed by atoms with E-state index >= 15 is 0 Å². The molecule has 1 aromatic heterocycles. The van der Waals surface area contributed by atoms with Gasteiger partial charge in [-0.3, -0.25) is 24.3 Å². The molecule has 1 aliphatic rings. The van der Waals surface area contributed by atoms with Gasteiger partial charge in [0, 0.05) is 23.4 Å². The largest absolute Gasteiger partial charge is 0.494 e. The topological polar surface area (TPSA) is 125 Å². The van der Waals surface area contributed by atoms with Crippen LogP contribution in [0.25, 0.3) is 6.08 Å². The van der Waals surface area contributed by atoms with E-state index in [1.165, 1.54) is 23.5 Å². The molecule has 10 nitrogen and oxygen atoms in total. The van der Waals surface area contributed by atoms with E-state index in [4.69, 9.17) is 14.5 Å². The van der Waals surface area contributed by atoms with Crippen LogP contribution in [0.5, 0.6) is 11.5 Å². The summed E-state index contributed by atoms with van der Waals surface area (Å²) in [6.07, 6.45) is 1.76. The van der Waals surface area contributed by atoms with Crippen molar-refractivity contribution in [1.82, 2.24) is 4.57 Å². The highest BCUT2D eigenvalue weighted by atomic mass is 32.1. The lowest BCUT2D eigenvalue weighted by Gasteiger charge is -2.25. The Morgan fingerprint density at radius 3 is 2.38 bits per heavy atom. The number of aromatic nitrogens is 1. The van der Waals surface area contributed by atoms with Crippen molar-refractivity contribution in [3.05, 3.63) is 161 Å².